The van der Waals surface area contributed by atoms with Crippen molar-refractivity contribution in [1.82, 2.24) is 25.4 Å². The number of nitrogens with one attached hydrogen (secondary N) is 1. The molecule has 3 rings (SSSR count). The topological polar surface area (TPSA) is 76.7 Å². The van der Waals surface area contributed by atoms with Crippen molar-refractivity contribution in [3.63, 3.8) is 0 Å². The van der Waals surface area contributed by atoms with Crippen LogP contribution in [0.25, 0.3) is 11.5 Å². The minimum Gasteiger partial charge on any atom is -0.337 e. The van der Waals surface area contributed by atoms with Gasteiger partial charge in [-0.25, -0.2) is 4.98 Å². The van der Waals surface area contributed by atoms with Gasteiger partial charge in [-0.1, -0.05) is 24.4 Å². The first-order chi connectivity index (χ1) is 9.34. The first-order valence-electron chi connectivity index (χ1n) is 6.63. The van der Waals surface area contributed by atoms with Crippen molar-refractivity contribution >= 4 is 0 Å². The molecule has 0 saturated heterocycles. The molecule has 0 amide bonds. The molecule has 0 atom stereocenters. The van der Waals surface area contributed by atoms with Crippen molar-refractivity contribution in [3.8, 4) is 11.5 Å². The van der Waals surface area contributed by atoms with E-state index in [1.807, 2.05) is 7.05 Å². The molecule has 100 valence electrons. The van der Waals surface area contributed by atoms with Gasteiger partial charge in [0.25, 0.3) is 0 Å². The Morgan fingerprint density at radius 2 is 2.05 bits per heavy atom. The van der Waals surface area contributed by atoms with Gasteiger partial charge in [-0.2, -0.15) is 4.98 Å². The molecule has 1 aliphatic rings. The predicted octanol–water partition coefficient (Wildman–Crippen LogP) is 1.91. The largest absolute Gasteiger partial charge is 0.337 e. The van der Waals surface area contributed by atoms with Crippen molar-refractivity contribution in [1.29, 1.82) is 0 Å². The summed E-state index contributed by atoms with van der Waals surface area (Å²) in [5.74, 6) is 1.17. The van der Waals surface area contributed by atoms with Gasteiger partial charge in [0.15, 0.2) is 0 Å². The highest BCUT2D eigenvalue weighted by atomic mass is 16.5. The maximum absolute atomic E-state index is 5.46. The zero-order valence-electron chi connectivity index (χ0n) is 11.0. The van der Waals surface area contributed by atoms with Crippen LogP contribution in [0.15, 0.2) is 23.1 Å². The minimum absolute atomic E-state index is 0.175. The smallest absolute Gasteiger partial charge is 0.247 e. The van der Waals surface area contributed by atoms with E-state index in [1.165, 1.54) is 19.3 Å². The molecule has 6 nitrogen and oxygen atoms in total. The zero-order valence-corrected chi connectivity index (χ0v) is 11.0. The summed E-state index contributed by atoms with van der Waals surface area (Å²) in [4.78, 5) is 12.7. The van der Waals surface area contributed by atoms with Crippen molar-refractivity contribution in [2.24, 2.45) is 0 Å². The lowest BCUT2D eigenvalue weighted by Gasteiger charge is -2.33. The summed E-state index contributed by atoms with van der Waals surface area (Å²) in [6.07, 6.45) is 10.6. The molecule has 19 heavy (non-hydrogen) atoms. The van der Waals surface area contributed by atoms with Gasteiger partial charge in [0.05, 0.1) is 11.7 Å². The second-order valence-electron chi connectivity index (χ2n) is 4.91. The fourth-order valence-corrected chi connectivity index (χ4v) is 2.66. The summed E-state index contributed by atoms with van der Waals surface area (Å²) < 4.78 is 5.46. The van der Waals surface area contributed by atoms with E-state index in [1.54, 1.807) is 18.6 Å². The predicted molar refractivity (Wildman–Crippen MR) is 69.1 cm³/mol. The Bertz CT molecular complexity index is 533. The normalized spacial score (nSPS) is 18.4. The third-order valence-corrected chi connectivity index (χ3v) is 3.81. The van der Waals surface area contributed by atoms with Gasteiger partial charge in [0.1, 0.15) is 5.69 Å². The Balaban J connectivity index is 1.92. The van der Waals surface area contributed by atoms with E-state index in [-0.39, 0.29) is 5.54 Å². The maximum Gasteiger partial charge on any atom is 0.247 e. The minimum atomic E-state index is -0.175. The molecule has 0 unspecified atom stereocenters. The Hall–Kier alpha value is -1.82. The van der Waals surface area contributed by atoms with Crippen molar-refractivity contribution in [2.45, 2.75) is 37.6 Å². The fourth-order valence-electron chi connectivity index (χ4n) is 2.66. The molecule has 0 spiro atoms. The number of nitrogens with zero attached hydrogens (tertiary/aromatic N) is 4. The first-order valence-corrected chi connectivity index (χ1v) is 6.63. The van der Waals surface area contributed by atoms with Crippen LogP contribution in [0.5, 0.6) is 0 Å². The molecule has 2 aromatic heterocycles. The monoisotopic (exact) mass is 259 g/mol. The van der Waals surface area contributed by atoms with Gasteiger partial charge in [-0.05, 0) is 19.9 Å². The lowest BCUT2D eigenvalue weighted by atomic mass is 9.81. The Morgan fingerprint density at radius 3 is 2.74 bits per heavy atom. The Labute approximate surface area is 111 Å². The van der Waals surface area contributed by atoms with E-state index in [0.29, 0.717) is 17.4 Å². The van der Waals surface area contributed by atoms with Crippen LogP contribution in [0.3, 0.4) is 0 Å². The van der Waals surface area contributed by atoms with Gasteiger partial charge < -0.3 is 9.84 Å². The van der Waals surface area contributed by atoms with Crippen LogP contribution >= 0.6 is 0 Å². The van der Waals surface area contributed by atoms with Crippen molar-refractivity contribution < 1.29 is 4.52 Å². The second kappa shape index (κ2) is 5.05. The summed E-state index contributed by atoms with van der Waals surface area (Å²) in [7, 11) is 1.96. The first kappa shape index (κ1) is 12.2. The van der Waals surface area contributed by atoms with Gasteiger partial charge in [-0.15, -0.1) is 0 Å². The molecule has 1 fully saturated rings. The molecule has 6 heteroatoms. The maximum atomic E-state index is 5.46. The molecule has 2 heterocycles. The SMILES string of the molecule is CNC1(c2nc(-c3cnccn3)no2)CCCCC1. The van der Waals surface area contributed by atoms with Crippen LogP contribution in [0.1, 0.15) is 38.0 Å². The molecule has 1 N–H and O–H groups in total. The molecule has 1 saturated carbocycles. The molecule has 0 bridgehead atoms. The van der Waals surface area contributed by atoms with Crippen LogP contribution in [-0.4, -0.2) is 27.2 Å². The summed E-state index contributed by atoms with van der Waals surface area (Å²) in [6.45, 7) is 0. The summed E-state index contributed by atoms with van der Waals surface area (Å²) in [5, 5.41) is 7.39. The van der Waals surface area contributed by atoms with Crippen molar-refractivity contribution in [3.05, 3.63) is 24.5 Å². The van der Waals surface area contributed by atoms with Crippen LogP contribution in [0, 0.1) is 0 Å². The van der Waals surface area contributed by atoms with Crippen LogP contribution in [-0.2, 0) is 5.54 Å². The Kier molecular flexibility index (Phi) is 3.25. The summed E-state index contributed by atoms with van der Waals surface area (Å²) in [6, 6.07) is 0. The van der Waals surface area contributed by atoms with E-state index in [4.69, 9.17) is 4.52 Å². The van der Waals surface area contributed by atoms with Crippen LogP contribution in [0.4, 0.5) is 0 Å². The van der Waals surface area contributed by atoms with Gasteiger partial charge >= 0.3 is 0 Å². The lowest BCUT2D eigenvalue weighted by molar-refractivity contribution is 0.182. The highest BCUT2D eigenvalue weighted by molar-refractivity contribution is 5.45. The molecular formula is C13H17N5O. The molecular weight excluding hydrogens is 242 g/mol. The number of hydrogen-bond donors (Lipinski definition) is 1. The fraction of sp³-hybridized carbons (Fsp3) is 0.538. The third kappa shape index (κ3) is 2.23. The quantitative estimate of drug-likeness (QED) is 0.907. The molecule has 0 radical (unpaired) electrons. The number of hydrogen-bond acceptors (Lipinski definition) is 6. The molecule has 1 aliphatic carbocycles. The highest BCUT2D eigenvalue weighted by Crippen LogP contribution is 2.36. The van der Waals surface area contributed by atoms with Crippen LogP contribution in [0.2, 0.25) is 0 Å². The number of aromatic nitrogens is 4. The second-order valence-corrected chi connectivity index (χ2v) is 4.91. The molecule has 0 aromatic carbocycles. The third-order valence-electron chi connectivity index (χ3n) is 3.81. The summed E-state index contributed by atoms with van der Waals surface area (Å²) in [5.41, 5.74) is 0.464. The highest BCUT2D eigenvalue weighted by Gasteiger charge is 2.37. The van der Waals surface area contributed by atoms with E-state index < -0.39 is 0 Å². The van der Waals surface area contributed by atoms with Crippen LogP contribution < -0.4 is 5.32 Å². The van der Waals surface area contributed by atoms with E-state index in [0.717, 1.165) is 12.8 Å². The molecule has 2 aromatic rings. The van der Waals surface area contributed by atoms with Crippen molar-refractivity contribution in [2.75, 3.05) is 7.05 Å². The van der Waals surface area contributed by atoms with E-state index in [2.05, 4.69) is 25.4 Å². The zero-order chi connectivity index (χ0) is 13.1. The standard InChI is InChI=1S/C13H17N5O/c1-14-13(5-3-2-4-6-13)12-17-11(18-19-12)10-9-15-7-8-16-10/h7-9,14H,2-6H2,1H3. The van der Waals surface area contributed by atoms with E-state index in [9.17, 15) is 0 Å². The summed E-state index contributed by atoms with van der Waals surface area (Å²) >= 11 is 0. The molecule has 0 aliphatic heterocycles. The Morgan fingerprint density at radius 1 is 1.21 bits per heavy atom. The average molecular weight is 259 g/mol. The van der Waals surface area contributed by atoms with Gasteiger partial charge in [-0.3, -0.25) is 4.98 Å². The average Bonchev–Trinajstić information content (AvgIpc) is 2.99. The van der Waals surface area contributed by atoms with E-state index >= 15 is 0 Å². The van der Waals surface area contributed by atoms with Gasteiger partial charge in [0, 0.05) is 12.4 Å². The lowest BCUT2D eigenvalue weighted by Crippen LogP contribution is -2.42. The van der Waals surface area contributed by atoms with Gasteiger partial charge in [0.2, 0.25) is 11.7 Å². The number of rotatable bonds is 3.